The van der Waals surface area contributed by atoms with E-state index in [1.54, 1.807) is 0 Å². The molecule has 3 heterocycles. The monoisotopic (exact) mass is 789 g/mol. The van der Waals surface area contributed by atoms with E-state index in [0.29, 0.717) is 17.5 Å². The van der Waals surface area contributed by atoms with E-state index in [9.17, 15) is 0 Å². The lowest BCUT2D eigenvalue weighted by atomic mass is 10.0. The minimum absolute atomic E-state index is 0.636. The van der Waals surface area contributed by atoms with Crippen LogP contribution >= 0.6 is 0 Å². The number of hydrogen-bond acceptors (Lipinski definition) is 3. The lowest BCUT2D eigenvalue weighted by Crippen LogP contribution is -2.01. The summed E-state index contributed by atoms with van der Waals surface area (Å²) in [6.07, 6.45) is 0. The molecular formula is C57H35N5. The van der Waals surface area contributed by atoms with Crippen molar-refractivity contribution in [3.63, 3.8) is 0 Å². The van der Waals surface area contributed by atoms with Crippen molar-refractivity contribution in [2.24, 2.45) is 0 Å². The second-order valence-corrected chi connectivity index (χ2v) is 16.0. The van der Waals surface area contributed by atoms with Gasteiger partial charge >= 0.3 is 0 Å². The van der Waals surface area contributed by atoms with Gasteiger partial charge < -0.3 is 9.13 Å². The maximum absolute atomic E-state index is 5.14. The van der Waals surface area contributed by atoms with E-state index >= 15 is 0 Å². The molecule has 0 spiro atoms. The molecule has 0 radical (unpaired) electrons. The Morgan fingerprint density at radius 2 is 0.839 bits per heavy atom. The van der Waals surface area contributed by atoms with Crippen LogP contribution in [0.2, 0.25) is 0 Å². The van der Waals surface area contributed by atoms with Crippen molar-refractivity contribution in [2.75, 3.05) is 0 Å². The van der Waals surface area contributed by atoms with Crippen molar-refractivity contribution in [2.45, 2.75) is 0 Å². The zero-order chi connectivity index (χ0) is 40.7. The number of para-hydroxylation sites is 1. The molecule has 10 aromatic carbocycles. The van der Waals surface area contributed by atoms with Gasteiger partial charge in [-0.2, -0.15) is 0 Å². The molecule has 0 saturated heterocycles. The second-order valence-electron chi connectivity index (χ2n) is 16.0. The fraction of sp³-hybridized carbons (Fsp3) is 0. The molecule has 0 bridgehead atoms. The van der Waals surface area contributed by atoms with Gasteiger partial charge in [0.1, 0.15) is 0 Å². The largest absolute Gasteiger partial charge is 0.309 e. The molecule has 0 amide bonds. The first kappa shape index (κ1) is 34.5. The number of nitrogens with zero attached hydrogens (tertiary/aromatic N) is 5. The Balaban J connectivity index is 1.06. The molecule has 0 aliphatic rings. The second kappa shape index (κ2) is 13.6. The highest BCUT2D eigenvalue weighted by atomic mass is 15.0. The summed E-state index contributed by atoms with van der Waals surface area (Å²) in [6.45, 7) is 0. The van der Waals surface area contributed by atoms with E-state index in [2.05, 4.69) is 185 Å². The predicted octanol–water partition coefficient (Wildman–Crippen LogP) is 14.5. The average molecular weight is 790 g/mol. The smallest absolute Gasteiger partial charge is 0.164 e. The molecule has 3 aromatic heterocycles. The van der Waals surface area contributed by atoms with Gasteiger partial charge in [-0.25, -0.2) is 15.0 Å². The Hall–Kier alpha value is -8.41. The van der Waals surface area contributed by atoms with Crippen molar-refractivity contribution < 1.29 is 0 Å². The fourth-order valence-electron chi connectivity index (χ4n) is 9.71. The summed E-state index contributed by atoms with van der Waals surface area (Å²) < 4.78 is 4.89. The van der Waals surface area contributed by atoms with Gasteiger partial charge in [0.25, 0.3) is 0 Å². The molecule has 13 rings (SSSR count). The molecular weight excluding hydrogens is 755 g/mol. The zero-order valence-electron chi connectivity index (χ0n) is 33.4. The van der Waals surface area contributed by atoms with Crippen molar-refractivity contribution in [1.82, 2.24) is 24.1 Å². The summed E-state index contributed by atoms with van der Waals surface area (Å²) in [5, 5.41) is 12.0. The first-order chi connectivity index (χ1) is 30.7. The number of aromatic nitrogens is 5. The van der Waals surface area contributed by atoms with Crippen LogP contribution in [-0.2, 0) is 0 Å². The molecule has 62 heavy (non-hydrogen) atoms. The van der Waals surface area contributed by atoms with Crippen LogP contribution in [0.15, 0.2) is 212 Å². The Morgan fingerprint density at radius 1 is 0.290 bits per heavy atom. The van der Waals surface area contributed by atoms with Crippen LogP contribution in [-0.4, -0.2) is 24.1 Å². The van der Waals surface area contributed by atoms with Gasteiger partial charge in [0.15, 0.2) is 17.5 Å². The fourth-order valence-corrected chi connectivity index (χ4v) is 9.71. The Kier molecular flexibility index (Phi) is 7.54. The van der Waals surface area contributed by atoms with E-state index < -0.39 is 0 Å². The Labute approximate surface area is 356 Å². The number of benzene rings is 10. The van der Waals surface area contributed by atoms with Gasteiger partial charge in [0.05, 0.1) is 27.8 Å². The minimum Gasteiger partial charge on any atom is -0.309 e. The Bertz CT molecular complexity index is 3860. The standard InChI is InChI=1S/C57H35N5/c1-3-16-37(17-4-1)55-58-56(38-18-5-2-6-19-38)60-57(59-55)45-29-32-50(44-24-12-11-23-43(44)45)62-51-31-28-41(35-48(51)47-33-39-20-7-8-21-40(39)34-53(47)62)61-49-26-14-13-25-46(49)54-42-22-10-9-15-36(42)27-30-52(54)61/h1-35H. The molecule has 0 N–H and O–H groups in total. The van der Waals surface area contributed by atoms with E-state index in [1.165, 1.54) is 54.1 Å². The highest BCUT2D eigenvalue weighted by molar-refractivity contribution is 6.22. The summed E-state index contributed by atoms with van der Waals surface area (Å²) in [5.74, 6) is 1.92. The zero-order valence-corrected chi connectivity index (χ0v) is 33.4. The van der Waals surface area contributed by atoms with Gasteiger partial charge in [0, 0.05) is 49.3 Å². The van der Waals surface area contributed by atoms with E-state index in [4.69, 9.17) is 15.0 Å². The van der Waals surface area contributed by atoms with E-state index in [1.807, 2.05) is 36.4 Å². The van der Waals surface area contributed by atoms with Gasteiger partial charge in [-0.05, 0) is 81.5 Å². The van der Waals surface area contributed by atoms with Crippen molar-refractivity contribution >= 4 is 75.9 Å². The summed E-state index contributed by atoms with van der Waals surface area (Å²) in [6, 6.07) is 75.8. The van der Waals surface area contributed by atoms with Crippen LogP contribution in [0.3, 0.4) is 0 Å². The lowest BCUT2D eigenvalue weighted by Gasteiger charge is -2.15. The Morgan fingerprint density at radius 3 is 1.58 bits per heavy atom. The summed E-state index contributed by atoms with van der Waals surface area (Å²) in [5.41, 5.74) is 9.75. The predicted molar refractivity (Wildman–Crippen MR) is 257 cm³/mol. The van der Waals surface area contributed by atoms with Gasteiger partial charge in [-0.3, -0.25) is 0 Å². The third kappa shape index (κ3) is 5.25. The van der Waals surface area contributed by atoms with E-state index in [-0.39, 0.29) is 0 Å². The number of hydrogen-bond donors (Lipinski definition) is 0. The third-order valence-corrected chi connectivity index (χ3v) is 12.5. The highest BCUT2D eigenvalue weighted by Crippen LogP contribution is 2.42. The molecule has 0 aliphatic carbocycles. The van der Waals surface area contributed by atoms with E-state index in [0.717, 1.165) is 49.9 Å². The first-order valence-electron chi connectivity index (χ1n) is 21.0. The van der Waals surface area contributed by atoms with Crippen LogP contribution in [0.4, 0.5) is 0 Å². The van der Waals surface area contributed by atoms with Crippen molar-refractivity contribution in [1.29, 1.82) is 0 Å². The normalized spacial score (nSPS) is 11.9. The molecule has 13 aromatic rings. The van der Waals surface area contributed by atoms with Crippen LogP contribution in [0.25, 0.3) is 121 Å². The van der Waals surface area contributed by atoms with Gasteiger partial charge in [-0.15, -0.1) is 0 Å². The van der Waals surface area contributed by atoms with Gasteiger partial charge in [-0.1, -0.05) is 158 Å². The van der Waals surface area contributed by atoms with Crippen LogP contribution in [0.5, 0.6) is 0 Å². The molecule has 0 fully saturated rings. The van der Waals surface area contributed by atoms with Crippen LogP contribution < -0.4 is 0 Å². The van der Waals surface area contributed by atoms with Crippen molar-refractivity contribution in [3.8, 4) is 45.5 Å². The number of fused-ring (bicyclic) bond motifs is 10. The highest BCUT2D eigenvalue weighted by Gasteiger charge is 2.21. The molecule has 0 saturated carbocycles. The van der Waals surface area contributed by atoms with Crippen LogP contribution in [0.1, 0.15) is 0 Å². The quantitative estimate of drug-likeness (QED) is 0.174. The SMILES string of the molecule is c1ccc(-c2nc(-c3ccccc3)nc(-c3ccc(-n4c5ccc(-n6c7ccccc7c7c8ccccc8ccc76)cc5c5cc6ccccc6cc54)c4ccccc34)n2)cc1. The van der Waals surface area contributed by atoms with Crippen LogP contribution in [0, 0.1) is 0 Å². The topological polar surface area (TPSA) is 48.5 Å². The summed E-state index contributed by atoms with van der Waals surface area (Å²) in [7, 11) is 0. The molecule has 0 atom stereocenters. The van der Waals surface area contributed by atoms with Crippen molar-refractivity contribution in [3.05, 3.63) is 212 Å². The first-order valence-corrected chi connectivity index (χ1v) is 21.0. The lowest BCUT2D eigenvalue weighted by molar-refractivity contribution is 1.08. The van der Waals surface area contributed by atoms with Gasteiger partial charge in [0.2, 0.25) is 0 Å². The maximum atomic E-state index is 5.14. The maximum Gasteiger partial charge on any atom is 0.164 e. The minimum atomic E-state index is 0.636. The third-order valence-electron chi connectivity index (χ3n) is 12.5. The molecule has 288 valence electrons. The molecule has 5 heteroatoms. The average Bonchev–Trinajstić information content (AvgIpc) is 3.85. The summed E-state index contributed by atoms with van der Waals surface area (Å²) >= 11 is 0. The summed E-state index contributed by atoms with van der Waals surface area (Å²) in [4.78, 5) is 15.3. The molecule has 0 aliphatic heterocycles. The molecule has 0 unspecified atom stereocenters. The number of rotatable bonds is 5. The molecule has 5 nitrogen and oxygen atoms in total.